The largest absolute Gasteiger partial charge is 0.346 e. The van der Waals surface area contributed by atoms with E-state index in [1.54, 1.807) is 11.3 Å². The second-order valence-corrected chi connectivity index (χ2v) is 5.50. The molecule has 1 rings (SSSR count). The van der Waals surface area contributed by atoms with Gasteiger partial charge in [0, 0.05) is 24.0 Å². The summed E-state index contributed by atoms with van der Waals surface area (Å²) < 4.78 is 0. The van der Waals surface area contributed by atoms with E-state index in [4.69, 9.17) is 5.73 Å². The molecule has 0 aliphatic rings. The molecule has 0 radical (unpaired) electrons. The zero-order chi connectivity index (χ0) is 11.6. The van der Waals surface area contributed by atoms with Crippen molar-refractivity contribution in [3.63, 3.8) is 0 Å². The average Bonchev–Trinajstić information content (AvgIpc) is 2.58. The first-order chi connectivity index (χ1) is 6.92. The maximum Gasteiger partial charge on any atom is 0.185 e. The molecule has 0 spiro atoms. The fourth-order valence-electron chi connectivity index (χ4n) is 1.24. The van der Waals surface area contributed by atoms with Crippen LogP contribution in [-0.2, 0) is 6.54 Å². The Morgan fingerprint density at radius 3 is 2.47 bits per heavy atom. The normalized spacial score (nSPS) is 11.9. The maximum absolute atomic E-state index is 5.66. The molecule has 1 aromatic rings. The van der Waals surface area contributed by atoms with Crippen molar-refractivity contribution in [2.75, 3.05) is 11.9 Å². The number of nitrogens with zero attached hydrogens (tertiary/aromatic N) is 2. The van der Waals surface area contributed by atoms with Crippen LogP contribution < -0.4 is 10.6 Å². The van der Waals surface area contributed by atoms with E-state index in [-0.39, 0.29) is 5.54 Å². The molecule has 1 aromatic heterocycles. The van der Waals surface area contributed by atoms with Crippen LogP contribution >= 0.6 is 11.3 Å². The Labute approximate surface area is 96.3 Å². The highest BCUT2D eigenvalue weighted by Crippen LogP contribution is 2.30. The van der Waals surface area contributed by atoms with Gasteiger partial charge in [-0.25, -0.2) is 4.98 Å². The molecule has 0 bridgehead atoms. The van der Waals surface area contributed by atoms with Crippen molar-refractivity contribution in [3.05, 3.63) is 10.6 Å². The predicted octanol–water partition coefficient (Wildman–Crippen LogP) is 2.54. The molecule has 0 atom stereocenters. The molecule has 0 saturated heterocycles. The highest BCUT2D eigenvalue weighted by atomic mass is 32.1. The van der Waals surface area contributed by atoms with E-state index in [1.165, 1.54) is 4.88 Å². The number of thiazole rings is 1. The molecule has 0 aliphatic carbocycles. The van der Waals surface area contributed by atoms with Crippen LogP contribution in [0.1, 0.15) is 37.8 Å². The molecular weight excluding hydrogens is 206 g/mol. The molecule has 0 saturated carbocycles. The number of anilines is 1. The summed E-state index contributed by atoms with van der Waals surface area (Å²) in [7, 11) is 2.10. The molecule has 0 unspecified atom stereocenters. The van der Waals surface area contributed by atoms with Crippen molar-refractivity contribution < 1.29 is 0 Å². The second kappa shape index (κ2) is 4.49. The Kier molecular flexibility index (Phi) is 3.73. The van der Waals surface area contributed by atoms with Crippen molar-refractivity contribution in [2.24, 2.45) is 5.73 Å². The number of aryl methyl sites for hydroxylation is 1. The summed E-state index contributed by atoms with van der Waals surface area (Å²) in [6.07, 6.45) is 1.10. The molecule has 3 nitrogen and oxygen atoms in total. The fourth-order valence-corrected chi connectivity index (χ4v) is 2.31. The SMILES string of the molecule is CCC(C)(C)N(C)c1nc(C)c(CN)s1. The molecule has 15 heavy (non-hydrogen) atoms. The summed E-state index contributed by atoms with van der Waals surface area (Å²) in [5, 5.41) is 1.07. The van der Waals surface area contributed by atoms with E-state index in [1.807, 2.05) is 6.92 Å². The van der Waals surface area contributed by atoms with Gasteiger partial charge in [-0.15, -0.1) is 11.3 Å². The number of rotatable bonds is 4. The van der Waals surface area contributed by atoms with Gasteiger partial charge in [0.05, 0.1) is 5.69 Å². The van der Waals surface area contributed by atoms with Gasteiger partial charge in [-0.2, -0.15) is 0 Å². The van der Waals surface area contributed by atoms with E-state index in [0.29, 0.717) is 6.54 Å². The Bertz CT molecular complexity index is 331. The van der Waals surface area contributed by atoms with E-state index in [2.05, 4.69) is 37.7 Å². The summed E-state index contributed by atoms with van der Waals surface area (Å²) in [5.74, 6) is 0. The first-order valence-corrected chi connectivity index (χ1v) is 6.14. The van der Waals surface area contributed by atoms with Gasteiger partial charge in [0.2, 0.25) is 0 Å². The Balaban J connectivity index is 2.96. The van der Waals surface area contributed by atoms with E-state index in [0.717, 1.165) is 17.2 Å². The Hall–Kier alpha value is -0.610. The van der Waals surface area contributed by atoms with Crippen molar-refractivity contribution >= 4 is 16.5 Å². The number of nitrogens with two attached hydrogens (primary N) is 1. The third-order valence-corrected chi connectivity index (χ3v) is 4.38. The maximum atomic E-state index is 5.66. The standard InChI is InChI=1S/C11H21N3S/c1-6-11(3,4)14(5)10-13-8(2)9(7-12)15-10/h6-7,12H2,1-5H3. The van der Waals surface area contributed by atoms with Crippen LogP contribution in [0, 0.1) is 6.92 Å². The summed E-state index contributed by atoms with van der Waals surface area (Å²) >= 11 is 1.70. The lowest BCUT2D eigenvalue weighted by molar-refractivity contribution is 0.470. The van der Waals surface area contributed by atoms with Gasteiger partial charge in [-0.1, -0.05) is 6.92 Å². The van der Waals surface area contributed by atoms with Gasteiger partial charge < -0.3 is 10.6 Å². The van der Waals surface area contributed by atoms with E-state index >= 15 is 0 Å². The Morgan fingerprint density at radius 1 is 1.47 bits per heavy atom. The lowest BCUT2D eigenvalue weighted by atomic mass is 10.0. The van der Waals surface area contributed by atoms with Crippen LogP contribution in [-0.4, -0.2) is 17.6 Å². The van der Waals surface area contributed by atoms with Gasteiger partial charge in [0.15, 0.2) is 5.13 Å². The minimum Gasteiger partial charge on any atom is -0.346 e. The fraction of sp³-hybridized carbons (Fsp3) is 0.727. The number of hydrogen-bond donors (Lipinski definition) is 1. The van der Waals surface area contributed by atoms with E-state index < -0.39 is 0 Å². The van der Waals surface area contributed by atoms with Crippen molar-refractivity contribution in [3.8, 4) is 0 Å². The van der Waals surface area contributed by atoms with Gasteiger partial charge in [-0.05, 0) is 27.2 Å². The lowest BCUT2D eigenvalue weighted by Crippen LogP contribution is -2.40. The molecular formula is C11H21N3S. The molecule has 0 fully saturated rings. The summed E-state index contributed by atoms with van der Waals surface area (Å²) in [6.45, 7) is 9.26. The molecule has 86 valence electrons. The van der Waals surface area contributed by atoms with Gasteiger partial charge in [0.1, 0.15) is 0 Å². The molecule has 0 aliphatic heterocycles. The monoisotopic (exact) mass is 227 g/mol. The highest BCUT2D eigenvalue weighted by Gasteiger charge is 2.24. The third-order valence-electron chi connectivity index (χ3n) is 3.13. The summed E-state index contributed by atoms with van der Waals surface area (Å²) in [6, 6.07) is 0. The predicted molar refractivity (Wildman–Crippen MR) is 67.5 cm³/mol. The molecule has 0 amide bonds. The molecule has 0 aromatic carbocycles. The van der Waals surface area contributed by atoms with Crippen LogP contribution in [0.3, 0.4) is 0 Å². The number of hydrogen-bond acceptors (Lipinski definition) is 4. The molecule has 2 N–H and O–H groups in total. The van der Waals surface area contributed by atoms with Crippen LogP contribution in [0.5, 0.6) is 0 Å². The van der Waals surface area contributed by atoms with Crippen LogP contribution in [0.25, 0.3) is 0 Å². The van der Waals surface area contributed by atoms with Crippen molar-refractivity contribution in [1.29, 1.82) is 0 Å². The smallest absolute Gasteiger partial charge is 0.185 e. The molecule has 1 heterocycles. The van der Waals surface area contributed by atoms with Crippen molar-refractivity contribution in [2.45, 2.75) is 46.2 Å². The van der Waals surface area contributed by atoms with Gasteiger partial charge in [-0.3, -0.25) is 0 Å². The third kappa shape index (κ3) is 2.49. The topological polar surface area (TPSA) is 42.2 Å². The van der Waals surface area contributed by atoms with Gasteiger partial charge in [0.25, 0.3) is 0 Å². The summed E-state index contributed by atoms with van der Waals surface area (Å²) in [4.78, 5) is 7.98. The van der Waals surface area contributed by atoms with E-state index in [9.17, 15) is 0 Å². The quantitative estimate of drug-likeness (QED) is 0.859. The summed E-state index contributed by atoms with van der Waals surface area (Å²) in [5.41, 5.74) is 6.87. The Morgan fingerprint density at radius 2 is 2.07 bits per heavy atom. The van der Waals surface area contributed by atoms with Crippen LogP contribution in [0.15, 0.2) is 0 Å². The van der Waals surface area contributed by atoms with Crippen LogP contribution in [0.2, 0.25) is 0 Å². The van der Waals surface area contributed by atoms with Crippen LogP contribution in [0.4, 0.5) is 5.13 Å². The number of aromatic nitrogens is 1. The minimum atomic E-state index is 0.149. The van der Waals surface area contributed by atoms with Crippen molar-refractivity contribution in [1.82, 2.24) is 4.98 Å². The minimum absolute atomic E-state index is 0.149. The first kappa shape index (κ1) is 12.5. The second-order valence-electron chi connectivity index (χ2n) is 4.43. The first-order valence-electron chi connectivity index (χ1n) is 5.32. The zero-order valence-electron chi connectivity index (χ0n) is 10.3. The molecule has 4 heteroatoms. The average molecular weight is 227 g/mol. The van der Waals surface area contributed by atoms with Gasteiger partial charge >= 0.3 is 0 Å². The lowest BCUT2D eigenvalue weighted by Gasteiger charge is -2.34. The highest BCUT2D eigenvalue weighted by molar-refractivity contribution is 7.15. The zero-order valence-corrected chi connectivity index (χ0v) is 11.1.